The molecule has 9 heteroatoms. The van der Waals surface area contributed by atoms with E-state index in [1.165, 1.54) is 41.5 Å². The molecule has 0 saturated heterocycles. The first-order valence-corrected chi connectivity index (χ1v) is 7.78. The van der Waals surface area contributed by atoms with Crippen LogP contribution in [-0.4, -0.2) is 26.2 Å². The van der Waals surface area contributed by atoms with E-state index in [0.717, 1.165) is 4.57 Å². The molecule has 0 radical (unpaired) electrons. The van der Waals surface area contributed by atoms with Crippen LogP contribution in [0.15, 0.2) is 43.0 Å². The van der Waals surface area contributed by atoms with Gasteiger partial charge in [-0.1, -0.05) is 23.2 Å². The third-order valence-corrected chi connectivity index (χ3v) is 4.02. The minimum absolute atomic E-state index is 0.0561. The van der Waals surface area contributed by atoms with E-state index in [1.807, 2.05) is 0 Å². The number of rotatable bonds is 3. The number of amides is 1. The molecule has 2 heterocycles. The van der Waals surface area contributed by atoms with Crippen molar-refractivity contribution in [3.63, 3.8) is 0 Å². The number of nitrogens with one attached hydrogen (secondary N) is 1. The first-order valence-electron chi connectivity index (χ1n) is 7.03. The molecule has 0 bridgehead atoms. The van der Waals surface area contributed by atoms with E-state index in [1.54, 1.807) is 13.2 Å². The first kappa shape index (κ1) is 17.2. The number of halogens is 3. The number of aromatic nitrogens is 3. The van der Waals surface area contributed by atoms with E-state index in [9.17, 15) is 14.0 Å². The number of nitrogens with zero attached hydrogens (tertiary/aromatic N) is 3. The Morgan fingerprint density at radius 2 is 1.88 bits per heavy atom. The Morgan fingerprint density at radius 1 is 1.16 bits per heavy atom. The quantitative estimate of drug-likeness (QED) is 0.551. The van der Waals surface area contributed by atoms with Crippen LogP contribution in [0.4, 0.5) is 14.9 Å². The van der Waals surface area contributed by atoms with E-state index in [-0.39, 0.29) is 21.2 Å². The van der Waals surface area contributed by atoms with Crippen molar-refractivity contribution in [1.82, 2.24) is 14.3 Å². The van der Waals surface area contributed by atoms with Gasteiger partial charge in [0.05, 0.1) is 27.5 Å². The Hall–Kier alpha value is -2.64. The minimum Gasteiger partial charge on any atom is -0.304 e. The summed E-state index contributed by atoms with van der Waals surface area (Å²) < 4.78 is 16.8. The highest BCUT2D eigenvalue weighted by Gasteiger charge is 2.21. The van der Waals surface area contributed by atoms with Gasteiger partial charge in [-0.15, -0.1) is 0 Å². The average molecular weight is 381 g/mol. The maximum absolute atomic E-state index is 14.1. The van der Waals surface area contributed by atoms with Gasteiger partial charge in [-0.3, -0.25) is 14.0 Å². The molecule has 3 rings (SSSR count). The zero-order chi connectivity index (χ0) is 18.1. The van der Waals surface area contributed by atoms with E-state index in [0.29, 0.717) is 5.69 Å². The largest absolute Gasteiger partial charge is 0.330 e. The summed E-state index contributed by atoms with van der Waals surface area (Å²) in [6.07, 6.45) is 5.77. The van der Waals surface area contributed by atoms with Crippen molar-refractivity contribution in [2.45, 2.75) is 0 Å². The number of carbonyl (C=O) groups excluding carboxylic acids is 2. The van der Waals surface area contributed by atoms with Crippen molar-refractivity contribution < 1.29 is 14.0 Å². The third-order valence-electron chi connectivity index (χ3n) is 3.42. The summed E-state index contributed by atoms with van der Waals surface area (Å²) >= 11 is 11.6. The molecule has 6 nitrogen and oxygen atoms in total. The summed E-state index contributed by atoms with van der Waals surface area (Å²) in [6.45, 7) is 0. The Kier molecular flexibility index (Phi) is 4.61. The lowest BCUT2D eigenvalue weighted by molar-refractivity contribution is 0.103. The zero-order valence-corrected chi connectivity index (χ0v) is 14.3. The summed E-state index contributed by atoms with van der Waals surface area (Å²) in [6, 6.07) is 3.50. The van der Waals surface area contributed by atoms with Crippen LogP contribution in [0, 0.1) is 5.82 Å². The predicted molar refractivity (Wildman–Crippen MR) is 91.9 cm³/mol. The van der Waals surface area contributed by atoms with Gasteiger partial charge in [0.1, 0.15) is 0 Å². The first-order chi connectivity index (χ1) is 11.9. The number of hydrogen-bond acceptors (Lipinski definition) is 3. The average Bonchev–Trinajstić information content (AvgIpc) is 3.20. The summed E-state index contributed by atoms with van der Waals surface area (Å²) in [4.78, 5) is 24.7. The molecule has 0 spiro atoms. The normalized spacial score (nSPS) is 10.7. The molecule has 1 amide bonds. The summed E-state index contributed by atoms with van der Waals surface area (Å²) in [5.41, 5.74) is 0.266. The van der Waals surface area contributed by atoms with E-state index >= 15 is 0 Å². The lowest BCUT2D eigenvalue weighted by Gasteiger charge is -2.05. The van der Waals surface area contributed by atoms with Crippen molar-refractivity contribution >= 4 is 40.7 Å². The molecule has 1 N–H and O–H groups in total. The zero-order valence-electron chi connectivity index (χ0n) is 12.8. The Morgan fingerprint density at radius 3 is 2.56 bits per heavy atom. The molecule has 3 aromatic rings. The fourth-order valence-electron chi connectivity index (χ4n) is 2.21. The summed E-state index contributed by atoms with van der Waals surface area (Å²) in [7, 11) is 1.71. The van der Waals surface area contributed by atoms with E-state index in [2.05, 4.69) is 10.4 Å². The monoisotopic (exact) mass is 380 g/mol. The van der Waals surface area contributed by atoms with Crippen LogP contribution in [0.3, 0.4) is 0 Å². The Labute approximate surface area is 151 Å². The molecule has 0 saturated carbocycles. The van der Waals surface area contributed by atoms with Gasteiger partial charge in [-0.25, -0.2) is 9.18 Å². The van der Waals surface area contributed by atoms with Crippen LogP contribution in [0.25, 0.3) is 0 Å². The molecule has 0 aliphatic heterocycles. The molecular formula is C16H11Cl2FN4O2. The second-order valence-corrected chi connectivity index (χ2v) is 6.00. The number of ketones is 1. The SMILES string of the molecule is Cn1cc(NC(=O)n2ccc(C(=O)c3c(Cl)ccc(Cl)c3F)c2)cn1. The van der Waals surface area contributed by atoms with Gasteiger partial charge in [0.25, 0.3) is 0 Å². The molecule has 0 aliphatic rings. The van der Waals surface area contributed by atoms with Crippen molar-refractivity contribution in [3.05, 3.63) is 70.0 Å². The molecule has 0 atom stereocenters. The van der Waals surface area contributed by atoms with Gasteiger partial charge >= 0.3 is 6.03 Å². The molecule has 128 valence electrons. The maximum atomic E-state index is 14.1. The lowest BCUT2D eigenvalue weighted by atomic mass is 10.1. The van der Waals surface area contributed by atoms with Crippen LogP contribution in [0.1, 0.15) is 15.9 Å². The lowest BCUT2D eigenvalue weighted by Crippen LogP contribution is -2.17. The molecule has 2 aromatic heterocycles. The predicted octanol–water partition coefficient (Wildman–Crippen LogP) is 3.98. The second kappa shape index (κ2) is 6.70. The highest BCUT2D eigenvalue weighted by Crippen LogP contribution is 2.27. The fraction of sp³-hybridized carbons (Fsp3) is 0.0625. The third kappa shape index (κ3) is 3.42. The van der Waals surface area contributed by atoms with Crippen molar-refractivity contribution in [2.75, 3.05) is 5.32 Å². The fourth-order valence-corrected chi connectivity index (χ4v) is 2.60. The molecular weight excluding hydrogens is 370 g/mol. The standard InChI is InChI=1S/C16H11Cl2FN4O2/c1-22-8-10(6-20-22)21-16(25)23-5-4-9(7-23)15(24)13-11(17)2-3-12(18)14(13)19/h2-8H,1H3,(H,21,25). The highest BCUT2D eigenvalue weighted by molar-refractivity contribution is 6.37. The molecule has 25 heavy (non-hydrogen) atoms. The van der Waals surface area contributed by atoms with Crippen molar-refractivity contribution in [1.29, 1.82) is 0 Å². The molecule has 0 unspecified atom stereocenters. The topological polar surface area (TPSA) is 68.9 Å². The van der Waals surface area contributed by atoms with Gasteiger partial charge < -0.3 is 5.32 Å². The second-order valence-electron chi connectivity index (χ2n) is 5.19. The number of hydrogen-bond donors (Lipinski definition) is 1. The smallest absolute Gasteiger partial charge is 0.304 e. The van der Waals surface area contributed by atoms with Crippen LogP contribution < -0.4 is 5.32 Å². The van der Waals surface area contributed by atoms with Crippen LogP contribution in [-0.2, 0) is 7.05 Å². The minimum atomic E-state index is -0.897. The Bertz CT molecular complexity index is 980. The Balaban J connectivity index is 1.85. The van der Waals surface area contributed by atoms with Gasteiger partial charge in [-0.2, -0.15) is 5.10 Å². The number of anilines is 1. The van der Waals surface area contributed by atoms with E-state index < -0.39 is 17.6 Å². The number of aryl methyl sites for hydroxylation is 1. The van der Waals surface area contributed by atoms with Gasteiger partial charge in [0.15, 0.2) is 11.6 Å². The van der Waals surface area contributed by atoms with Crippen molar-refractivity contribution in [2.24, 2.45) is 7.05 Å². The van der Waals surface area contributed by atoms with Crippen LogP contribution in [0.2, 0.25) is 10.0 Å². The highest BCUT2D eigenvalue weighted by atomic mass is 35.5. The van der Waals surface area contributed by atoms with Crippen LogP contribution in [0.5, 0.6) is 0 Å². The summed E-state index contributed by atoms with van der Waals surface area (Å²) in [5, 5.41) is 6.28. The maximum Gasteiger partial charge on any atom is 0.330 e. The van der Waals surface area contributed by atoms with Gasteiger partial charge in [-0.05, 0) is 18.2 Å². The molecule has 0 fully saturated rings. The van der Waals surface area contributed by atoms with Gasteiger partial charge in [0, 0.05) is 31.2 Å². The number of carbonyl (C=O) groups is 2. The van der Waals surface area contributed by atoms with Gasteiger partial charge in [0.2, 0.25) is 0 Å². The van der Waals surface area contributed by atoms with Crippen molar-refractivity contribution in [3.8, 4) is 0 Å². The molecule has 1 aromatic carbocycles. The molecule has 0 aliphatic carbocycles. The van der Waals surface area contributed by atoms with Crippen LogP contribution >= 0.6 is 23.2 Å². The van der Waals surface area contributed by atoms with E-state index in [4.69, 9.17) is 23.2 Å². The number of benzene rings is 1. The summed E-state index contributed by atoms with van der Waals surface area (Å²) in [5.74, 6) is -1.57.